The topological polar surface area (TPSA) is 29.3 Å². The van der Waals surface area contributed by atoms with Gasteiger partial charge in [0.15, 0.2) is 11.6 Å². The fourth-order valence-corrected chi connectivity index (χ4v) is 2.84. The molecule has 2 rings (SSSR count). The molecule has 1 aromatic rings. The number of piperidine rings is 1. The van der Waals surface area contributed by atoms with Gasteiger partial charge in [-0.1, -0.05) is 19.1 Å². The first-order valence-electron chi connectivity index (χ1n) is 6.94. The molecule has 1 fully saturated rings. The van der Waals surface area contributed by atoms with Crippen molar-refractivity contribution in [3.63, 3.8) is 0 Å². The zero-order chi connectivity index (χ0) is 14.0. The Labute approximate surface area is 113 Å². The number of rotatable bonds is 3. The van der Waals surface area contributed by atoms with E-state index in [-0.39, 0.29) is 5.56 Å². The largest absolute Gasteiger partial charge is 0.323 e. The Bertz CT molecular complexity index is 436. The van der Waals surface area contributed by atoms with E-state index >= 15 is 0 Å². The summed E-state index contributed by atoms with van der Waals surface area (Å²) in [6.07, 6.45) is 2.37. The van der Waals surface area contributed by atoms with Crippen molar-refractivity contribution in [2.24, 2.45) is 11.7 Å². The SMILES string of the molecule is CC1CCCN(CC(N)c2cccc(F)c2F)C1C. The second-order valence-corrected chi connectivity index (χ2v) is 5.60. The average Bonchev–Trinajstić information content (AvgIpc) is 2.38. The third-order valence-electron chi connectivity index (χ3n) is 4.32. The Balaban J connectivity index is 2.08. The van der Waals surface area contributed by atoms with Crippen molar-refractivity contribution in [1.82, 2.24) is 4.90 Å². The Morgan fingerprint density at radius 1 is 1.37 bits per heavy atom. The van der Waals surface area contributed by atoms with Gasteiger partial charge in [-0.3, -0.25) is 4.90 Å². The summed E-state index contributed by atoms with van der Waals surface area (Å²) in [7, 11) is 0. The van der Waals surface area contributed by atoms with Crippen molar-refractivity contribution < 1.29 is 8.78 Å². The van der Waals surface area contributed by atoms with Crippen LogP contribution in [-0.4, -0.2) is 24.0 Å². The lowest BCUT2D eigenvalue weighted by atomic mass is 9.91. The lowest BCUT2D eigenvalue weighted by Crippen LogP contribution is -2.45. The summed E-state index contributed by atoms with van der Waals surface area (Å²) in [5.74, 6) is -1.01. The molecule has 106 valence electrons. The Kier molecular flexibility index (Phi) is 4.53. The molecule has 0 amide bonds. The zero-order valence-corrected chi connectivity index (χ0v) is 11.6. The van der Waals surface area contributed by atoms with Crippen molar-refractivity contribution in [3.05, 3.63) is 35.4 Å². The van der Waals surface area contributed by atoms with Crippen LogP contribution < -0.4 is 5.73 Å². The van der Waals surface area contributed by atoms with Crippen LogP contribution >= 0.6 is 0 Å². The van der Waals surface area contributed by atoms with E-state index < -0.39 is 17.7 Å². The summed E-state index contributed by atoms with van der Waals surface area (Å²) in [6, 6.07) is 4.16. The third kappa shape index (κ3) is 3.12. The zero-order valence-electron chi connectivity index (χ0n) is 11.6. The summed E-state index contributed by atoms with van der Waals surface area (Å²) in [4.78, 5) is 2.28. The molecule has 3 unspecified atom stereocenters. The third-order valence-corrected chi connectivity index (χ3v) is 4.32. The van der Waals surface area contributed by atoms with E-state index in [1.165, 1.54) is 12.5 Å². The van der Waals surface area contributed by atoms with Gasteiger partial charge in [-0.05, 0) is 38.3 Å². The molecule has 1 saturated heterocycles. The minimum absolute atomic E-state index is 0.269. The van der Waals surface area contributed by atoms with Crippen LogP contribution in [0.1, 0.15) is 38.3 Å². The van der Waals surface area contributed by atoms with Crippen LogP contribution in [0.15, 0.2) is 18.2 Å². The molecule has 0 aromatic heterocycles. The van der Waals surface area contributed by atoms with Crippen LogP contribution in [-0.2, 0) is 0 Å². The summed E-state index contributed by atoms with van der Waals surface area (Å²) in [6.45, 7) is 5.96. The molecule has 3 atom stereocenters. The fraction of sp³-hybridized carbons (Fsp3) is 0.600. The molecule has 1 aromatic carbocycles. The monoisotopic (exact) mass is 268 g/mol. The second-order valence-electron chi connectivity index (χ2n) is 5.60. The molecule has 1 aliphatic rings. The van der Waals surface area contributed by atoms with Gasteiger partial charge in [-0.15, -0.1) is 0 Å². The van der Waals surface area contributed by atoms with Crippen molar-refractivity contribution in [3.8, 4) is 0 Å². The van der Waals surface area contributed by atoms with E-state index in [1.807, 2.05) is 0 Å². The van der Waals surface area contributed by atoms with Gasteiger partial charge in [-0.2, -0.15) is 0 Å². The van der Waals surface area contributed by atoms with Gasteiger partial charge in [0.25, 0.3) is 0 Å². The molecule has 1 heterocycles. The first-order valence-corrected chi connectivity index (χ1v) is 6.94. The molecule has 2 nitrogen and oxygen atoms in total. The average molecular weight is 268 g/mol. The summed E-state index contributed by atoms with van der Waals surface area (Å²) in [5.41, 5.74) is 6.32. The van der Waals surface area contributed by atoms with Gasteiger partial charge in [0.2, 0.25) is 0 Å². The molecular weight excluding hydrogens is 246 g/mol. The number of benzene rings is 1. The molecule has 0 saturated carbocycles. The van der Waals surface area contributed by atoms with Gasteiger partial charge in [0.1, 0.15) is 0 Å². The standard InChI is InChI=1S/C15H22F2N2/c1-10-5-4-8-19(11(10)2)9-14(18)12-6-3-7-13(16)15(12)17/h3,6-7,10-11,14H,4-5,8-9,18H2,1-2H3. The smallest absolute Gasteiger partial charge is 0.163 e. The van der Waals surface area contributed by atoms with Crippen molar-refractivity contribution in [1.29, 1.82) is 0 Å². The summed E-state index contributed by atoms with van der Waals surface area (Å²) < 4.78 is 26.9. The predicted octanol–water partition coefficient (Wildman–Crippen LogP) is 3.09. The number of hydrogen-bond acceptors (Lipinski definition) is 2. The highest BCUT2D eigenvalue weighted by atomic mass is 19.2. The number of likely N-dealkylation sites (tertiary alicyclic amines) is 1. The first kappa shape index (κ1) is 14.4. The van der Waals surface area contributed by atoms with Crippen molar-refractivity contribution in [2.75, 3.05) is 13.1 Å². The minimum Gasteiger partial charge on any atom is -0.323 e. The quantitative estimate of drug-likeness (QED) is 0.912. The first-order chi connectivity index (χ1) is 9.00. The van der Waals surface area contributed by atoms with E-state index in [1.54, 1.807) is 6.07 Å². The van der Waals surface area contributed by atoms with Crippen LogP contribution in [0.4, 0.5) is 8.78 Å². The minimum atomic E-state index is -0.826. The molecule has 0 aliphatic carbocycles. The Morgan fingerprint density at radius 3 is 2.84 bits per heavy atom. The second kappa shape index (κ2) is 5.97. The van der Waals surface area contributed by atoms with Crippen LogP contribution in [0, 0.1) is 17.6 Å². The van der Waals surface area contributed by atoms with Gasteiger partial charge in [0, 0.05) is 24.2 Å². The van der Waals surface area contributed by atoms with Gasteiger partial charge < -0.3 is 5.73 Å². The van der Waals surface area contributed by atoms with E-state index in [0.29, 0.717) is 18.5 Å². The van der Waals surface area contributed by atoms with E-state index in [4.69, 9.17) is 5.73 Å². The lowest BCUT2D eigenvalue weighted by molar-refractivity contribution is 0.106. The highest BCUT2D eigenvalue weighted by Crippen LogP contribution is 2.25. The van der Waals surface area contributed by atoms with E-state index in [9.17, 15) is 8.78 Å². The molecule has 0 radical (unpaired) electrons. The molecule has 0 bridgehead atoms. The van der Waals surface area contributed by atoms with E-state index in [2.05, 4.69) is 18.7 Å². The lowest BCUT2D eigenvalue weighted by Gasteiger charge is -2.39. The predicted molar refractivity (Wildman–Crippen MR) is 72.7 cm³/mol. The molecule has 0 spiro atoms. The van der Waals surface area contributed by atoms with E-state index in [0.717, 1.165) is 19.0 Å². The van der Waals surface area contributed by atoms with Gasteiger partial charge >= 0.3 is 0 Å². The maximum Gasteiger partial charge on any atom is 0.163 e. The van der Waals surface area contributed by atoms with Gasteiger partial charge in [0.05, 0.1) is 0 Å². The Morgan fingerprint density at radius 2 is 2.11 bits per heavy atom. The molecule has 2 N–H and O–H groups in total. The molecule has 1 aliphatic heterocycles. The number of nitrogens with two attached hydrogens (primary N) is 1. The van der Waals surface area contributed by atoms with Gasteiger partial charge in [-0.25, -0.2) is 8.78 Å². The molecule has 19 heavy (non-hydrogen) atoms. The number of hydrogen-bond donors (Lipinski definition) is 1. The summed E-state index contributed by atoms with van der Waals surface area (Å²) in [5, 5.41) is 0. The van der Waals surface area contributed by atoms with Crippen LogP contribution in [0.25, 0.3) is 0 Å². The maximum absolute atomic E-state index is 13.7. The van der Waals surface area contributed by atoms with Crippen molar-refractivity contribution >= 4 is 0 Å². The number of halogens is 2. The highest BCUT2D eigenvalue weighted by Gasteiger charge is 2.27. The van der Waals surface area contributed by atoms with Crippen LogP contribution in [0.2, 0.25) is 0 Å². The van der Waals surface area contributed by atoms with Crippen molar-refractivity contribution in [2.45, 2.75) is 38.8 Å². The summed E-state index contributed by atoms with van der Waals surface area (Å²) >= 11 is 0. The Hall–Kier alpha value is -1.00. The normalized spacial score (nSPS) is 26.4. The van der Waals surface area contributed by atoms with Crippen LogP contribution in [0.5, 0.6) is 0 Å². The number of nitrogens with zero attached hydrogens (tertiary/aromatic N) is 1. The fourth-order valence-electron chi connectivity index (χ4n) is 2.84. The maximum atomic E-state index is 13.7. The molecular formula is C15H22F2N2. The van der Waals surface area contributed by atoms with Crippen LogP contribution in [0.3, 0.4) is 0 Å². The molecule has 4 heteroatoms. The highest BCUT2D eigenvalue weighted by molar-refractivity contribution is 5.22.